The Kier molecular flexibility index (Phi) is 2.49. The van der Waals surface area contributed by atoms with Gasteiger partial charge in [0, 0.05) is 12.5 Å². The van der Waals surface area contributed by atoms with E-state index in [1.807, 2.05) is 25.7 Å². The van der Waals surface area contributed by atoms with E-state index in [0.717, 1.165) is 13.0 Å². The first kappa shape index (κ1) is 10.5. The monoisotopic (exact) mass is 209 g/mol. The number of rotatable bonds is 0. The van der Waals surface area contributed by atoms with Gasteiger partial charge < -0.3 is 9.64 Å². The molecule has 0 unspecified atom stereocenters. The molecule has 2 atom stereocenters. The predicted octanol–water partition coefficient (Wildman–Crippen LogP) is 2.57. The van der Waals surface area contributed by atoms with Gasteiger partial charge in [0.1, 0.15) is 5.60 Å². The lowest BCUT2D eigenvalue weighted by Crippen LogP contribution is -2.51. The summed E-state index contributed by atoms with van der Waals surface area (Å²) in [6.45, 7) is 6.55. The standard InChI is InChI=1S/C12H19NO2/c1-12(2,3)15-11(14)13-8-4-5-9-6-7-10(9)13/h6-7,9-10H,4-5,8H2,1-3H3/t9-,10+/m0/s1. The van der Waals surface area contributed by atoms with Crippen molar-refractivity contribution in [2.45, 2.75) is 45.3 Å². The number of amides is 1. The lowest BCUT2D eigenvalue weighted by Gasteiger charge is -2.43. The highest BCUT2D eigenvalue weighted by Gasteiger charge is 2.37. The highest BCUT2D eigenvalue weighted by molar-refractivity contribution is 5.69. The minimum Gasteiger partial charge on any atom is -0.444 e. The molecule has 3 nitrogen and oxygen atoms in total. The van der Waals surface area contributed by atoms with Crippen LogP contribution in [0.2, 0.25) is 0 Å². The van der Waals surface area contributed by atoms with Crippen molar-refractivity contribution in [1.82, 2.24) is 4.90 Å². The van der Waals surface area contributed by atoms with Gasteiger partial charge in [-0.15, -0.1) is 0 Å². The van der Waals surface area contributed by atoms with Crippen molar-refractivity contribution in [3.05, 3.63) is 12.2 Å². The molecule has 15 heavy (non-hydrogen) atoms. The van der Waals surface area contributed by atoms with Gasteiger partial charge in [-0.3, -0.25) is 0 Å². The zero-order valence-corrected chi connectivity index (χ0v) is 9.69. The van der Waals surface area contributed by atoms with Crippen LogP contribution in [0.4, 0.5) is 4.79 Å². The Morgan fingerprint density at radius 1 is 1.40 bits per heavy atom. The number of fused-ring (bicyclic) bond motifs is 1. The van der Waals surface area contributed by atoms with Crippen LogP contribution in [0.25, 0.3) is 0 Å². The van der Waals surface area contributed by atoms with E-state index < -0.39 is 5.60 Å². The maximum atomic E-state index is 11.9. The van der Waals surface area contributed by atoms with Crippen LogP contribution in [0.5, 0.6) is 0 Å². The van der Waals surface area contributed by atoms with E-state index in [1.165, 1.54) is 6.42 Å². The van der Waals surface area contributed by atoms with Gasteiger partial charge in [0.2, 0.25) is 0 Å². The molecule has 2 rings (SSSR count). The average Bonchev–Trinajstić information content (AvgIpc) is 2.03. The van der Waals surface area contributed by atoms with Crippen LogP contribution in [-0.2, 0) is 4.74 Å². The second kappa shape index (κ2) is 3.54. The van der Waals surface area contributed by atoms with Crippen LogP contribution < -0.4 is 0 Å². The van der Waals surface area contributed by atoms with Crippen LogP contribution in [0.15, 0.2) is 12.2 Å². The molecular weight excluding hydrogens is 190 g/mol. The van der Waals surface area contributed by atoms with Gasteiger partial charge in [0.25, 0.3) is 0 Å². The van der Waals surface area contributed by atoms with Crippen LogP contribution in [0.1, 0.15) is 33.6 Å². The average molecular weight is 209 g/mol. The fraction of sp³-hybridized carbons (Fsp3) is 0.750. The third-order valence-corrected chi connectivity index (χ3v) is 2.92. The first-order chi connectivity index (χ1) is 6.97. The maximum Gasteiger partial charge on any atom is 0.410 e. The first-order valence-electron chi connectivity index (χ1n) is 5.65. The molecule has 0 aromatic rings. The molecule has 0 bridgehead atoms. The lowest BCUT2D eigenvalue weighted by atomic mass is 9.81. The van der Waals surface area contributed by atoms with Crippen molar-refractivity contribution < 1.29 is 9.53 Å². The normalized spacial score (nSPS) is 29.4. The van der Waals surface area contributed by atoms with Crippen LogP contribution in [0, 0.1) is 5.92 Å². The number of nitrogens with zero attached hydrogens (tertiary/aromatic N) is 1. The Balaban J connectivity index is 1.98. The summed E-state index contributed by atoms with van der Waals surface area (Å²) in [7, 11) is 0. The van der Waals surface area contributed by atoms with Crippen molar-refractivity contribution in [3.8, 4) is 0 Å². The Morgan fingerprint density at radius 2 is 2.13 bits per heavy atom. The Hall–Kier alpha value is -0.990. The van der Waals surface area contributed by atoms with Gasteiger partial charge in [-0.1, -0.05) is 12.2 Å². The number of piperidine rings is 1. The molecule has 0 aromatic heterocycles. The topological polar surface area (TPSA) is 29.5 Å². The molecule has 0 radical (unpaired) electrons. The summed E-state index contributed by atoms with van der Waals surface area (Å²) in [6.07, 6.45) is 6.43. The molecule has 3 heteroatoms. The van der Waals surface area contributed by atoms with Crippen molar-refractivity contribution in [2.24, 2.45) is 5.92 Å². The van der Waals surface area contributed by atoms with Gasteiger partial charge in [-0.25, -0.2) is 4.79 Å². The van der Waals surface area contributed by atoms with E-state index in [1.54, 1.807) is 0 Å². The Morgan fingerprint density at radius 3 is 2.67 bits per heavy atom. The van der Waals surface area contributed by atoms with Crippen LogP contribution in [0.3, 0.4) is 0 Å². The third-order valence-electron chi connectivity index (χ3n) is 2.92. The number of ether oxygens (including phenoxy) is 1. The summed E-state index contributed by atoms with van der Waals surface area (Å²) in [6, 6.07) is 0.300. The third kappa shape index (κ3) is 2.16. The van der Waals surface area contributed by atoms with E-state index in [2.05, 4.69) is 12.2 Å². The van der Waals surface area contributed by atoms with Crippen molar-refractivity contribution in [3.63, 3.8) is 0 Å². The summed E-state index contributed by atoms with van der Waals surface area (Å²) in [4.78, 5) is 13.7. The van der Waals surface area contributed by atoms with Gasteiger partial charge in [-0.2, -0.15) is 0 Å². The maximum absolute atomic E-state index is 11.9. The van der Waals surface area contributed by atoms with Gasteiger partial charge in [0.15, 0.2) is 0 Å². The molecular formula is C12H19NO2. The fourth-order valence-electron chi connectivity index (χ4n) is 2.15. The number of hydrogen-bond acceptors (Lipinski definition) is 2. The molecule has 0 spiro atoms. The molecule has 0 aromatic carbocycles. The van der Waals surface area contributed by atoms with E-state index >= 15 is 0 Å². The van der Waals surface area contributed by atoms with Crippen molar-refractivity contribution in [2.75, 3.05) is 6.54 Å². The Bertz CT molecular complexity index is 290. The summed E-state index contributed by atoms with van der Waals surface area (Å²) < 4.78 is 5.38. The highest BCUT2D eigenvalue weighted by Crippen LogP contribution is 2.33. The number of carbonyl (C=O) groups excluding carboxylic acids is 1. The van der Waals surface area contributed by atoms with Gasteiger partial charge in [-0.05, 0) is 33.6 Å². The second-order valence-corrected chi connectivity index (χ2v) is 5.36. The summed E-state index contributed by atoms with van der Waals surface area (Å²) in [5.74, 6) is 0.575. The van der Waals surface area contributed by atoms with E-state index in [-0.39, 0.29) is 6.09 Å². The smallest absolute Gasteiger partial charge is 0.410 e. The van der Waals surface area contributed by atoms with E-state index in [0.29, 0.717) is 12.0 Å². The zero-order valence-electron chi connectivity index (χ0n) is 9.69. The molecule has 1 aliphatic carbocycles. The van der Waals surface area contributed by atoms with Crippen molar-refractivity contribution in [1.29, 1.82) is 0 Å². The molecule has 1 amide bonds. The molecule has 0 saturated carbocycles. The number of carbonyl (C=O) groups is 1. The zero-order chi connectivity index (χ0) is 11.1. The first-order valence-corrected chi connectivity index (χ1v) is 5.65. The lowest BCUT2D eigenvalue weighted by molar-refractivity contribution is 0.00750. The largest absolute Gasteiger partial charge is 0.444 e. The van der Waals surface area contributed by atoms with Crippen molar-refractivity contribution >= 4 is 6.09 Å². The molecule has 84 valence electrons. The second-order valence-electron chi connectivity index (χ2n) is 5.36. The number of likely N-dealkylation sites (tertiary alicyclic amines) is 1. The number of hydrogen-bond donors (Lipinski definition) is 0. The van der Waals surface area contributed by atoms with Gasteiger partial charge >= 0.3 is 6.09 Å². The summed E-state index contributed by atoms with van der Waals surface area (Å²) >= 11 is 0. The molecule has 0 N–H and O–H groups in total. The molecule has 1 saturated heterocycles. The summed E-state index contributed by atoms with van der Waals surface area (Å²) in [5, 5.41) is 0. The molecule has 2 aliphatic rings. The SMILES string of the molecule is CC(C)(C)OC(=O)N1CCC[C@H]2C=C[C@H]21. The summed E-state index contributed by atoms with van der Waals surface area (Å²) in [5.41, 5.74) is -0.391. The quantitative estimate of drug-likeness (QED) is 0.574. The minimum absolute atomic E-state index is 0.165. The van der Waals surface area contributed by atoms with Crippen LogP contribution in [-0.4, -0.2) is 29.2 Å². The van der Waals surface area contributed by atoms with Crippen LogP contribution >= 0.6 is 0 Å². The fourth-order valence-corrected chi connectivity index (χ4v) is 2.15. The molecule has 1 heterocycles. The predicted molar refractivity (Wildman–Crippen MR) is 58.6 cm³/mol. The van der Waals surface area contributed by atoms with Gasteiger partial charge in [0.05, 0.1) is 6.04 Å². The highest BCUT2D eigenvalue weighted by atomic mass is 16.6. The minimum atomic E-state index is -0.391. The molecule has 1 fully saturated rings. The van der Waals surface area contributed by atoms with E-state index in [4.69, 9.17) is 4.74 Å². The Labute approximate surface area is 91.1 Å². The van der Waals surface area contributed by atoms with E-state index in [9.17, 15) is 4.79 Å². The molecule has 1 aliphatic heterocycles.